The van der Waals surface area contributed by atoms with E-state index in [2.05, 4.69) is 22.3 Å². The van der Waals surface area contributed by atoms with Gasteiger partial charge in [0.05, 0.1) is 17.4 Å². The Bertz CT molecular complexity index is 871. The van der Waals surface area contributed by atoms with Crippen molar-refractivity contribution in [2.75, 3.05) is 11.1 Å². The van der Waals surface area contributed by atoms with Crippen LogP contribution in [-0.4, -0.2) is 31.8 Å². The second-order valence-corrected chi connectivity index (χ2v) is 8.42. The molecule has 28 heavy (non-hydrogen) atoms. The van der Waals surface area contributed by atoms with Gasteiger partial charge in [-0.15, -0.1) is 0 Å². The third-order valence-electron chi connectivity index (χ3n) is 4.64. The van der Waals surface area contributed by atoms with E-state index in [0.29, 0.717) is 17.1 Å². The molecule has 5 nitrogen and oxygen atoms in total. The highest BCUT2D eigenvalue weighted by Crippen LogP contribution is 2.32. The van der Waals surface area contributed by atoms with Gasteiger partial charge in [0.1, 0.15) is 5.02 Å². The molecule has 1 aliphatic rings. The number of rotatable bonds is 5. The van der Waals surface area contributed by atoms with Crippen molar-refractivity contribution in [1.82, 2.24) is 14.8 Å². The molecule has 0 amide bonds. The second kappa shape index (κ2) is 8.73. The van der Waals surface area contributed by atoms with Crippen LogP contribution >= 0.6 is 23.4 Å². The summed E-state index contributed by atoms with van der Waals surface area (Å²) in [5.74, 6) is 0.985. The fraction of sp³-hybridized carbons (Fsp3) is 0.500. The maximum absolute atomic E-state index is 12.7. The number of nitrogens with zero attached hydrogens (tertiary/aromatic N) is 3. The van der Waals surface area contributed by atoms with Crippen LogP contribution in [0.15, 0.2) is 29.3 Å². The number of halogens is 4. The standard InChI is InChI=1S/C18H20ClF3N4OS/c1-2-28-14-6-4-3-5-12(14)25-13-10-24-26(17(27)16(13)19)15-8-7-11(9-23-15)18(20,21)22/h7-10,12,14,25H,2-6H2,1H3. The molecule has 1 N–H and O–H groups in total. The largest absolute Gasteiger partial charge is 0.417 e. The second-order valence-electron chi connectivity index (χ2n) is 6.52. The van der Waals surface area contributed by atoms with Crippen LogP contribution < -0.4 is 10.9 Å². The van der Waals surface area contributed by atoms with E-state index < -0.39 is 17.3 Å². The molecule has 0 radical (unpaired) electrons. The first-order valence-corrected chi connectivity index (χ1v) is 10.4. The van der Waals surface area contributed by atoms with Gasteiger partial charge in [0.2, 0.25) is 0 Å². The summed E-state index contributed by atoms with van der Waals surface area (Å²) in [6.07, 6.45) is 1.97. The fourth-order valence-electron chi connectivity index (χ4n) is 3.25. The Morgan fingerprint density at radius 2 is 2.04 bits per heavy atom. The lowest BCUT2D eigenvalue weighted by Crippen LogP contribution is -2.35. The van der Waals surface area contributed by atoms with E-state index in [0.717, 1.165) is 41.8 Å². The summed E-state index contributed by atoms with van der Waals surface area (Å²) < 4.78 is 38.9. The molecule has 10 heteroatoms. The van der Waals surface area contributed by atoms with Gasteiger partial charge in [-0.2, -0.15) is 34.7 Å². The molecule has 152 valence electrons. The maximum atomic E-state index is 12.7. The van der Waals surface area contributed by atoms with E-state index in [4.69, 9.17) is 11.6 Å². The lowest BCUT2D eigenvalue weighted by atomic mass is 9.95. The minimum absolute atomic E-state index is 0.0245. The molecule has 1 saturated carbocycles. The topological polar surface area (TPSA) is 59.8 Å². The Morgan fingerprint density at radius 1 is 1.29 bits per heavy atom. The van der Waals surface area contributed by atoms with Crippen LogP contribution in [0.4, 0.5) is 18.9 Å². The average molecular weight is 433 g/mol. The van der Waals surface area contributed by atoms with E-state index in [1.165, 1.54) is 12.6 Å². The van der Waals surface area contributed by atoms with Crippen molar-refractivity contribution in [2.24, 2.45) is 0 Å². The Kier molecular flexibility index (Phi) is 6.54. The van der Waals surface area contributed by atoms with Gasteiger partial charge in [-0.3, -0.25) is 4.79 Å². The molecule has 2 atom stereocenters. The highest BCUT2D eigenvalue weighted by Gasteiger charge is 2.31. The highest BCUT2D eigenvalue weighted by molar-refractivity contribution is 7.99. The molecule has 0 saturated heterocycles. The summed E-state index contributed by atoms with van der Waals surface area (Å²) in [4.78, 5) is 16.3. The first kappa shape index (κ1) is 21.0. The summed E-state index contributed by atoms with van der Waals surface area (Å²) in [6, 6.07) is 2.14. The van der Waals surface area contributed by atoms with Gasteiger partial charge in [-0.1, -0.05) is 31.4 Å². The predicted molar refractivity (Wildman–Crippen MR) is 105 cm³/mol. The minimum Gasteiger partial charge on any atom is -0.379 e. The van der Waals surface area contributed by atoms with E-state index in [1.807, 2.05) is 11.8 Å². The number of thioether (sulfide) groups is 1. The zero-order valence-corrected chi connectivity index (χ0v) is 16.7. The van der Waals surface area contributed by atoms with E-state index >= 15 is 0 Å². The molecule has 0 spiro atoms. The van der Waals surface area contributed by atoms with Gasteiger partial charge < -0.3 is 5.32 Å². The number of hydrogen-bond donors (Lipinski definition) is 1. The first-order chi connectivity index (χ1) is 13.3. The van der Waals surface area contributed by atoms with Crippen molar-refractivity contribution in [2.45, 2.75) is 50.1 Å². The van der Waals surface area contributed by atoms with Crippen LogP contribution in [0.25, 0.3) is 5.82 Å². The number of nitrogens with one attached hydrogen (secondary N) is 1. The summed E-state index contributed by atoms with van der Waals surface area (Å²) in [5, 5.41) is 7.76. The van der Waals surface area contributed by atoms with Gasteiger partial charge in [0.15, 0.2) is 5.82 Å². The average Bonchev–Trinajstić information content (AvgIpc) is 2.67. The van der Waals surface area contributed by atoms with Gasteiger partial charge >= 0.3 is 6.18 Å². The lowest BCUT2D eigenvalue weighted by Gasteiger charge is -2.32. The summed E-state index contributed by atoms with van der Waals surface area (Å²) >= 11 is 8.13. The zero-order valence-electron chi connectivity index (χ0n) is 15.2. The van der Waals surface area contributed by atoms with Crippen molar-refractivity contribution in [3.05, 3.63) is 45.5 Å². The number of pyridine rings is 1. The normalized spacial score (nSPS) is 20.2. The molecule has 0 aliphatic heterocycles. The molecule has 2 aromatic rings. The summed E-state index contributed by atoms with van der Waals surface area (Å²) in [7, 11) is 0. The van der Waals surface area contributed by atoms with Crippen molar-refractivity contribution >= 4 is 29.1 Å². The molecular formula is C18H20ClF3N4OS. The number of alkyl halides is 3. The molecule has 1 fully saturated rings. The molecule has 0 bridgehead atoms. The van der Waals surface area contributed by atoms with Crippen LogP contribution in [0, 0.1) is 0 Å². The molecule has 2 aromatic heterocycles. The van der Waals surface area contributed by atoms with E-state index in [9.17, 15) is 18.0 Å². The number of anilines is 1. The lowest BCUT2D eigenvalue weighted by molar-refractivity contribution is -0.137. The summed E-state index contributed by atoms with van der Waals surface area (Å²) in [5.41, 5.74) is -1.09. The summed E-state index contributed by atoms with van der Waals surface area (Å²) in [6.45, 7) is 2.11. The number of aromatic nitrogens is 3. The Morgan fingerprint density at radius 3 is 2.68 bits per heavy atom. The minimum atomic E-state index is -4.50. The SMILES string of the molecule is CCSC1CCCCC1Nc1cnn(-c2ccc(C(F)(F)F)cn2)c(=O)c1Cl. The van der Waals surface area contributed by atoms with Crippen molar-refractivity contribution in [3.63, 3.8) is 0 Å². The predicted octanol–water partition coefficient (Wildman–Crippen LogP) is 4.78. The van der Waals surface area contributed by atoms with Crippen LogP contribution in [0.1, 0.15) is 38.2 Å². The smallest absolute Gasteiger partial charge is 0.379 e. The highest BCUT2D eigenvalue weighted by atomic mass is 35.5. The molecule has 3 rings (SSSR count). The van der Waals surface area contributed by atoms with E-state index in [-0.39, 0.29) is 16.9 Å². The molecule has 1 aliphatic carbocycles. The van der Waals surface area contributed by atoms with Crippen LogP contribution in [-0.2, 0) is 6.18 Å². The zero-order chi connectivity index (χ0) is 20.3. The van der Waals surface area contributed by atoms with Crippen molar-refractivity contribution in [1.29, 1.82) is 0 Å². The monoisotopic (exact) mass is 432 g/mol. The third-order valence-corrected chi connectivity index (χ3v) is 6.33. The molecule has 2 heterocycles. The van der Waals surface area contributed by atoms with Crippen LogP contribution in [0.2, 0.25) is 5.02 Å². The maximum Gasteiger partial charge on any atom is 0.417 e. The van der Waals surface area contributed by atoms with Gasteiger partial charge in [0, 0.05) is 17.5 Å². The van der Waals surface area contributed by atoms with Crippen molar-refractivity contribution < 1.29 is 13.2 Å². The van der Waals surface area contributed by atoms with Crippen LogP contribution in [0.3, 0.4) is 0 Å². The van der Waals surface area contributed by atoms with Gasteiger partial charge in [-0.25, -0.2) is 4.98 Å². The van der Waals surface area contributed by atoms with Crippen molar-refractivity contribution in [3.8, 4) is 5.82 Å². The molecule has 0 aromatic carbocycles. The Balaban J connectivity index is 1.84. The molecule has 2 unspecified atom stereocenters. The number of hydrogen-bond acceptors (Lipinski definition) is 5. The van der Waals surface area contributed by atoms with Crippen LogP contribution in [0.5, 0.6) is 0 Å². The van der Waals surface area contributed by atoms with Gasteiger partial charge in [0.25, 0.3) is 5.56 Å². The van der Waals surface area contributed by atoms with E-state index in [1.54, 1.807) is 0 Å². The fourth-order valence-corrected chi connectivity index (χ4v) is 4.63. The molecular weight excluding hydrogens is 413 g/mol. The Hall–Kier alpha value is -1.74. The third kappa shape index (κ3) is 4.63. The Labute approximate surface area is 169 Å². The first-order valence-electron chi connectivity index (χ1n) is 9.01. The quantitative estimate of drug-likeness (QED) is 0.737. The van der Waals surface area contributed by atoms with Gasteiger partial charge in [-0.05, 0) is 30.7 Å².